The quantitative estimate of drug-likeness (QED) is 0.0229. The van der Waals surface area contributed by atoms with Gasteiger partial charge >= 0.3 is 10.4 Å². The lowest BCUT2D eigenvalue weighted by molar-refractivity contribution is -0.298. The van der Waals surface area contributed by atoms with Gasteiger partial charge in [0, 0.05) is 6.42 Å². The first kappa shape index (κ1) is 48.9. The van der Waals surface area contributed by atoms with Crippen LogP contribution in [0.4, 0.5) is 0 Å². The van der Waals surface area contributed by atoms with Crippen LogP contribution in [0, 0.1) is 0 Å². The molecule has 0 spiro atoms. The summed E-state index contributed by atoms with van der Waals surface area (Å²) in [5, 5.41) is 44.5. The molecule has 308 valence electrons. The van der Waals surface area contributed by atoms with E-state index >= 15 is 0 Å². The Morgan fingerprint density at radius 2 is 1.21 bits per heavy atom. The number of ether oxygens (including phenoxy) is 2. The van der Waals surface area contributed by atoms with Crippen LogP contribution in [0.3, 0.4) is 0 Å². The number of hydrogen-bond acceptors (Lipinski definition) is 10. The van der Waals surface area contributed by atoms with E-state index < -0.39 is 59.9 Å². The summed E-state index contributed by atoms with van der Waals surface area (Å²) in [4.78, 5) is 12.9. The van der Waals surface area contributed by atoms with E-state index in [-0.39, 0.29) is 18.9 Å². The molecular weight excluding hydrogens is 690 g/mol. The Kier molecular flexibility index (Phi) is 29.2. The number of nitrogens with one attached hydrogen (secondary N) is 1. The summed E-state index contributed by atoms with van der Waals surface area (Å²) in [6, 6.07) is -0.936. The maximum atomic E-state index is 12.9. The predicted molar refractivity (Wildman–Crippen MR) is 204 cm³/mol. The molecule has 0 bridgehead atoms. The van der Waals surface area contributed by atoms with Gasteiger partial charge in [0.2, 0.25) is 5.91 Å². The Labute approximate surface area is 315 Å². The molecule has 0 saturated carbocycles. The van der Waals surface area contributed by atoms with Gasteiger partial charge in [-0.1, -0.05) is 161 Å². The van der Waals surface area contributed by atoms with Crippen LogP contribution < -0.4 is 5.32 Å². The number of carbonyl (C=O) groups is 1. The fourth-order valence-electron chi connectivity index (χ4n) is 6.57. The van der Waals surface area contributed by atoms with Crippen LogP contribution in [0.5, 0.6) is 0 Å². The van der Waals surface area contributed by atoms with E-state index in [2.05, 4.69) is 23.3 Å². The topological polar surface area (TPSA) is 192 Å². The van der Waals surface area contributed by atoms with Crippen LogP contribution in [0.1, 0.15) is 174 Å². The molecule has 1 saturated heterocycles. The van der Waals surface area contributed by atoms with Gasteiger partial charge in [0.05, 0.1) is 25.4 Å². The summed E-state index contributed by atoms with van der Waals surface area (Å²) < 4.78 is 47.4. The van der Waals surface area contributed by atoms with Crippen LogP contribution in [0.15, 0.2) is 12.2 Å². The lowest BCUT2D eigenvalue weighted by Crippen LogP contribution is -2.61. The molecule has 6 N–H and O–H groups in total. The molecule has 12 nitrogen and oxygen atoms in total. The second kappa shape index (κ2) is 31.1. The molecule has 7 unspecified atom stereocenters. The summed E-state index contributed by atoms with van der Waals surface area (Å²) >= 11 is 0. The molecule has 1 rings (SSSR count). The highest BCUT2D eigenvalue weighted by Crippen LogP contribution is 2.26. The van der Waals surface area contributed by atoms with Crippen molar-refractivity contribution in [2.45, 2.75) is 217 Å². The number of aliphatic hydroxyl groups excluding tert-OH is 4. The van der Waals surface area contributed by atoms with Gasteiger partial charge in [-0.15, -0.1) is 0 Å². The SMILES string of the molecule is CCCCCCCCCCCC/C=C/C(O)C(COC1OC(CO)C(O)C(OS(=O)(=O)O)C1O)NC(=O)CCCCCCCCCCCCCCC. The fourth-order valence-corrected chi connectivity index (χ4v) is 7.08. The zero-order valence-corrected chi connectivity index (χ0v) is 33.2. The van der Waals surface area contributed by atoms with Crippen molar-refractivity contribution in [3.05, 3.63) is 12.2 Å². The highest BCUT2D eigenvalue weighted by atomic mass is 32.3. The van der Waals surface area contributed by atoms with Gasteiger partial charge < -0.3 is 35.2 Å². The number of carbonyl (C=O) groups excluding carboxylic acids is 1. The molecule has 0 aliphatic carbocycles. The molecule has 0 aromatic rings. The molecule has 7 atom stereocenters. The Balaban J connectivity index is 2.61. The Morgan fingerprint density at radius 3 is 1.67 bits per heavy atom. The lowest BCUT2D eigenvalue weighted by atomic mass is 9.99. The van der Waals surface area contributed by atoms with E-state index in [0.717, 1.165) is 38.5 Å². The van der Waals surface area contributed by atoms with Crippen molar-refractivity contribution in [1.29, 1.82) is 0 Å². The third kappa shape index (κ3) is 24.3. The molecular formula is C39H75NO11S. The summed E-state index contributed by atoms with van der Waals surface area (Å²) in [7, 11) is -5.08. The average molecular weight is 766 g/mol. The first-order valence-electron chi connectivity index (χ1n) is 20.6. The number of unbranched alkanes of at least 4 members (excludes halogenated alkanes) is 22. The largest absolute Gasteiger partial charge is 0.397 e. The molecule has 1 fully saturated rings. The molecule has 1 amide bonds. The van der Waals surface area contributed by atoms with E-state index in [1.807, 2.05) is 6.08 Å². The normalized spacial score (nSPS) is 22.2. The van der Waals surface area contributed by atoms with Crippen LogP contribution in [0.25, 0.3) is 0 Å². The smallest absolute Gasteiger partial charge is 0.394 e. The minimum Gasteiger partial charge on any atom is -0.394 e. The number of hydrogen-bond donors (Lipinski definition) is 6. The van der Waals surface area contributed by atoms with Crippen molar-refractivity contribution in [2.24, 2.45) is 0 Å². The van der Waals surface area contributed by atoms with Crippen LogP contribution >= 0.6 is 0 Å². The van der Waals surface area contributed by atoms with Gasteiger partial charge in [0.1, 0.15) is 24.4 Å². The van der Waals surface area contributed by atoms with Gasteiger partial charge in [-0.2, -0.15) is 8.42 Å². The van der Waals surface area contributed by atoms with E-state index in [1.165, 1.54) is 109 Å². The molecule has 0 radical (unpaired) electrons. The zero-order valence-electron chi connectivity index (χ0n) is 32.4. The first-order valence-corrected chi connectivity index (χ1v) is 21.9. The molecule has 1 aliphatic rings. The number of allylic oxidation sites excluding steroid dienone is 1. The highest BCUT2D eigenvalue weighted by molar-refractivity contribution is 7.80. The molecule has 52 heavy (non-hydrogen) atoms. The van der Waals surface area contributed by atoms with Gasteiger partial charge in [-0.05, 0) is 19.3 Å². The second-order valence-electron chi connectivity index (χ2n) is 14.6. The van der Waals surface area contributed by atoms with Gasteiger partial charge in [0.15, 0.2) is 6.29 Å². The van der Waals surface area contributed by atoms with Crippen molar-refractivity contribution in [3.63, 3.8) is 0 Å². The monoisotopic (exact) mass is 766 g/mol. The van der Waals surface area contributed by atoms with Crippen LogP contribution in [0.2, 0.25) is 0 Å². The van der Waals surface area contributed by atoms with Crippen LogP contribution in [-0.2, 0) is 28.9 Å². The summed E-state index contributed by atoms with van der Waals surface area (Å²) in [5.41, 5.74) is 0. The van der Waals surface area contributed by atoms with E-state index in [9.17, 15) is 33.6 Å². The van der Waals surface area contributed by atoms with Gasteiger partial charge in [0.25, 0.3) is 0 Å². The van der Waals surface area contributed by atoms with Crippen molar-refractivity contribution in [3.8, 4) is 0 Å². The second-order valence-corrected chi connectivity index (χ2v) is 15.6. The Hall–Kier alpha value is -1.16. The maximum Gasteiger partial charge on any atom is 0.397 e. The van der Waals surface area contributed by atoms with Crippen molar-refractivity contribution >= 4 is 16.3 Å². The fraction of sp³-hybridized carbons (Fsp3) is 0.923. The molecule has 1 heterocycles. The maximum absolute atomic E-state index is 12.9. The molecule has 0 aromatic carbocycles. The zero-order chi connectivity index (χ0) is 38.5. The van der Waals surface area contributed by atoms with Gasteiger partial charge in [-0.3, -0.25) is 9.35 Å². The number of amides is 1. The first-order chi connectivity index (χ1) is 25.0. The minimum absolute atomic E-state index is 0.264. The standard InChI is InChI=1S/C39H75NO11S/c1-3-5-7-9-11-13-15-17-19-21-23-25-27-29-35(43)40-32(33(42)28-26-24-22-20-18-16-14-12-10-8-6-4-2)31-49-39-37(45)38(51-52(46,47)48)36(44)34(30-41)50-39/h26,28,32-34,36-39,41-42,44-45H,3-25,27,29-31H2,1-2H3,(H,40,43)(H,46,47,48)/b28-26+. The number of aliphatic hydroxyl groups is 4. The lowest BCUT2D eigenvalue weighted by Gasteiger charge is -2.41. The predicted octanol–water partition coefficient (Wildman–Crippen LogP) is 6.82. The highest BCUT2D eigenvalue weighted by Gasteiger charge is 2.48. The average Bonchev–Trinajstić information content (AvgIpc) is 3.11. The molecule has 1 aliphatic heterocycles. The van der Waals surface area contributed by atoms with E-state index in [0.29, 0.717) is 6.42 Å². The minimum atomic E-state index is -5.08. The summed E-state index contributed by atoms with van der Waals surface area (Å²) in [6.07, 6.45) is 22.5. The van der Waals surface area contributed by atoms with Crippen molar-refractivity contribution < 1.29 is 51.8 Å². The Morgan fingerprint density at radius 1 is 0.750 bits per heavy atom. The van der Waals surface area contributed by atoms with Crippen LogP contribution in [-0.4, -0.2) is 95.4 Å². The summed E-state index contributed by atoms with van der Waals surface area (Å²) in [6.45, 7) is 3.35. The Bertz CT molecular complexity index is 999. The number of rotatable bonds is 34. The third-order valence-corrected chi connectivity index (χ3v) is 10.3. The molecule has 13 heteroatoms. The third-order valence-electron chi connectivity index (χ3n) is 9.82. The van der Waals surface area contributed by atoms with Crippen molar-refractivity contribution in [2.75, 3.05) is 13.2 Å². The summed E-state index contributed by atoms with van der Waals surface area (Å²) in [5.74, 6) is -0.264. The van der Waals surface area contributed by atoms with Gasteiger partial charge in [-0.25, -0.2) is 4.18 Å². The van der Waals surface area contributed by atoms with E-state index in [1.54, 1.807) is 6.08 Å². The van der Waals surface area contributed by atoms with Crippen molar-refractivity contribution in [1.82, 2.24) is 5.32 Å². The molecule has 0 aromatic heterocycles. The van der Waals surface area contributed by atoms with E-state index in [4.69, 9.17) is 14.0 Å².